The zero-order chi connectivity index (χ0) is 6.10. The van der Waals surface area contributed by atoms with E-state index in [0.29, 0.717) is 0 Å². The standard InChI is InChI=1S/C7H6N2.As/c1-2-4-7-6(3-1)8-5-9-7;/h1-5H,(H,8,9);. The van der Waals surface area contributed by atoms with E-state index in [1.165, 1.54) is 0 Å². The van der Waals surface area contributed by atoms with E-state index in [0.717, 1.165) is 11.0 Å². The van der Waals surface area contributed by atoms with Gasteiger partial charge in [0.25, 0.3) is 0 Å². The number of aromatic nitrogens is 2. The minimum Gasteiger partial charge on any atom is -0.345 e. The van der Waals surface area contributed by atoms with Crippen molar-refractivity contribution in [1.82, 2.24) is 9.97 Å². The molecule has 0 unspecified atom stereocenters. The number of nitrogens with zero attached hydrogens (tertiary/aromatic N) is 1. The molecule has 0 amide bonds. The minimum atomic E-state index is 0. The summed E-state index contributed by atoms with van der Waals surface area (Å²) >= 11 is 0. The average Bonchev–Trinajstić information content (AvgIpc) is 2.33. The zero-order valence-corrected chi connectivity index (χ0v) is 7.16. The molecule has 49 valence electrons. The summed E-state index contributed by atoms with van der Waals surface area (Å²) in [6.45, 7) is 0. The third kappa shape index (κ3) is 1.07. The van der Waals surface area contributed by atoms with Crippen LogP contribution in [-0.2, 0) is 0 Å². The molecule has 0 aliphatic carbocycles. The van der Waals surface area contributed by atoms with Crippen LogP contribution >= 0.6 is 0 Å². The molecular weight excluding hydrogens is 187 g/mol. The molecule has 0 aliphatic rings. The molecule has 2 aromatic rings. The smallest absolute Gasteiger partial charge is 0.0931 e. The SMILES string of the molecule is [As].c1ccc2[nH]cnc2c1. The average molecular weight is 193 g/mol. The molecule has 0 spiro atoms. The number of H-pyrrole nitrogens is 1. The maximum Gasteiger partial charge on any atom is 0.0931 e. The van der Waals surface area contributed by atoms with Gasteiger partial charge >= 0.3 is 0 Å². The maximum absolute atomic E-state index is 4.06. The molecule has 0 bridgehead atoms. The Morgan fingerprint density at radius 3 is 2.80 bits per heavy atom. The molecule has 2 nitrogen and oxygen atoms in total. The van der Waals surface area contributed by atoms with Crippen LogP contribution in [0.5, 0.6) is 0 Å². The molecule has 0 saturated carbocycles. The normalized spacial score (nSPS) is 9.20. The summed E-state index contributed by atoms with van der Waals surface area (Å²) in [5.41, 5.74) is 2.12. The molecule has 3 radical (unpaired) electrons. The van der Waals surface area contributed by atoms with Gasteiger partial charge < -0.3 is 4.98 Å². The third-order valence-corrected chi connectivity index (χ3v) is 1.33. The van der Waals surface area contributed by atoms with Crippen LogP contribution in [0.2, 0.25) is 0 Å². The summed E-state index contributed by atoms with van der Waals surface area (Å²) in [7, 11) is 0. The Balaban J connectivity index is 0.000000500. The van der Waals surface area contributed by atoms with Crippen LogP contribution in [0.1, 0.15) is 0 Å². The van der Waals surface area contributed by atoms with Crippen LogP contribution < -0.4 is 0 Å². The van der Waals surface area contributed by atoms with Crippen molar-refractivity contribution in [2.45, 2.75) is 0 Å². The number of benzene rings is 1. The predicted molar refractivity (Wildman–Crippen MR) is 41.8 cm³/mol. The number of nitrogens with one attached hydrogen (secondary N) is 1. The van der Waals surface area contributed by atoms with Crippen molar-refractivity contribution >= 4 is 29.0 Å². The Kier molecular flexibility index (Phi) is 2.13. The van der Waals surface area contributed by atoms with Gasteiger partial charge in [-0.2, -0.15) is 0 Å². The van der Waals surface area contributed by atoms with Gasteiger partial charge in [0.15, 0.2) is 0 Å². The van der Waals surface area contributed by atoms with E-state index in [9.17, 15) is 0 Å². The molecule has 10 heavy (non-hydrogen) atoms. The van der Waals surface area contributed by atoms with Gasteiger partial charge in [-0.1, -0.05) is 12.1 Å². The number of hydrogen-bond donors (Lipinski definition) is 1. The first kappa shape index (κ1) is 7.36. The van der Waals surface area contributed by atoms with Crippen molar-refractivity contribution in [2.75, 3.05) is 0 Å². The van der Waals surface area contributed by atoms with Gasteiger partial charge in [0.05, 0.1) is 17.4 Å². The Morgan fingerprint density at radius 1 is 1.20 bits per heavy atom. The predicted octanol–water partition coefficient (Wildman–Crippen LogP) is 1.18. The monoisotopic (exact) mass is 193 g/mol. The third-order valence-electron chi connectivity index (χ3n) is 1.33. The molecule has 1 N–H and O–H groups in total. The molecule has 2 rings (SSSR count). The number of hydrogen-bond acceptors (Lipinski definition) is 1. The van der Waals surface area contributed by atoms with Gasteiger partial charge in [0, 0.05) is 18.0 Å². The van der Waals surface area contributed by atoms with Gasteiger partial charge in [0.1, 0.15) is 0 Å². The summed E-state index contributed by atoms with van der Waals surface area (Å²) in [6, 6.07) is 7.94. The Labute approximate surface area is 70.0 Å². The van der Waals surface area contributed by atoms with Crippen molar-refractivity contribution in [3.63, 3.8) is 0 Å². The van der Waals surface area contributed by atoms with Crippen LogP contribution in [0.3, 0.4) is 0 Å². The van der Waals surface area contributed by atoms with E-state index < -0.39 is 0 Å². The molecular formula is C7H6AsN2. The summed E-state index contributed by atoms with van der Waals surface area (Å²) in [5.74, 6) is 0. The van der Waals surface area contributed by atoms with E-state index in [1.807, 2.05) is 24.3 Å². The summed E-state index contributed by atoms with van der Waals surface area (Å²) in [6.07, 6.45) is 1.70. The minimum absolute atomic E-state index is 0. The van der Waals surface area contributed by atoms with Crippen molar-refractivity contribution in [3.05, 3.63) is 30.6 Å². The van der Waals surface area contributed by atoms with E-state index in [1.54, 1.807) is 6.33 Å². The fourth-order valence-corrected chi connectivity index (χ4v) is 0.880. The fraction of sp³-hybridized carbons (Fsp3) is 0. The Bertz CT molecular complexity index is 286. The van der Waals surface area contributed by atoms with Crippen LogP contribution in [0.25, 0.3) is 11.0 Å². The van der Waals surface area contributed by atoms with Crippen molar-refractivity contribution in [1.29, 1.82) is 0 Å². The molecule has 1 aromatic carbocycles. The molecule has 3 heteroatoms. The second-order valence-electron chi connectivity index (χ2n) is 1.92. The van der Waals surface area contributed by atoms with E-state index in [2.05, 4.69) is 9.97 Å². The van der Waals surface area contributed by atoms with Crippen LogP contribution in [0.15, 0.2) is 30.6 Å². The summed E-state index contributed by atoms with van der Waals surface area (Å²) in [4.78, 5) is 7.07. The molecule has 1 heterocycles. The second kappa shape index (κ2) is 2.89. The van der Waals surface area contributed by atoms with Crippen LogP contribution in [0.4, 0.5) is 0 Å². The van der Waals surface area contributed by atoms with Crippen molar-refractivity contribution in [2.24, 2.45) is 0 Å². The van der Waals surface area contributed by atoms with E-state index >= 15 is 0 Å². The largest absolute Gasteiger partial charge is 0.345 e. The number of fused-ring (bicyclic) bond motifs is 1. The quantitative estimate of drug-likeness (QED) is 0.625. The van der Waals surface area contributed by atoms with Crippen molar-refractivity contribution < 1.29 is 0 Å². The van der Waals surface area contributed by atoms with Gasteiger partial charge in [-0.05, 0) is 12.1 Å². The first-order valence-corrected chi connectivity index (χ1v) is 2.85. The number of para-hydroxylation sites is 2. The van der Waals surface area contributed by atoms with E-state index in [4.69, 9.17) is 0 Å². The number of imidazole rings is 1. The first-order chi connectivity index (χ1) is 4.47. The first-order valence-electron chi connectivity index (χ1n) is 2.85. The van der Waals surface area contributed by atoms with Crippen molar-refractivity contribution in [3.8, 4) is 0 Å². The maximum atomic E-state index is 4.06. The molecule has 0 saturated heterocycles. The fourth-order valence-electron chi connectivity index (χ4n) is 0.880. The molecule has 0 aliphatic heterocycles. The zero-order valence-electron chi connectivity index (χ0n) is 5.28. The van der Waals surface area contributed by atoms with Crippen LogP contribution in [0, 0.1) is 0 Å². The molecule has 1 aromatic heterocycles. The van der Waals surface area contributed by atoms with Gasteiger partial charge in [-0.25, -0.2) is 4.98 Å². The molecule has 0 atom stereocenters. The van der Waals surface area contributed by atoms with Gasteiger partial charge in [-0.3, -0.25) is 0 Å². The number of rotatable bonds is 0. The number of aromatic amines is 1. The topological polar surface area (TPSA) is 28.7 Å². The van der Waals surface area contributed by atoms with Crippen LogP contribution in [-0.4, -0.2) is 27.9 Å². The second-order valence-corrected chi connectivity index (χ2v) is 1.92. The molecule has 0 fully saturated rings. The van der Waals surface area contributed by atoms with Gasteiger partial charge in [0.2, 0.25) is 0 Å². The summed E-state index contributed by atoms with van der Waals surface area (Å²) in [5, 5.41) is 0. The summed E-state index contributed by atoms with van der Waals surface area (Å²) < 4.78 is 0. The Hall–Kier alpha value is -0.752. The van der Waals surface area contributed by atoms with E-state index in [-0.39, 0.29) is 18.0 Å². The Morgan fingerprint density at radius 2 is 2.00 bits per heavy atom. The van der Waals surface area contributed by atoms with Gasteiger partial charge in [-0.15, -0.1) is 0 Å².